The van der Waals surface area contributed by atoms with Crippen molar-refractivity contribution in [2.24, 2.45) is 11.8 Å². The number of pyridine rings is 1. The van der Waals surface area contributed by atoms with E-state index in [0.717, 1.165) is 42.0 Å². The molecule has 0 radical (unpaired) electrons. The first-order chi connectivity index (χ1) is 7.59. The van der Waals surface area contributed by atoms with Gasteiger partial charge in [0.1, 0.15) is 0 Å². The smallest absolute Gasteiger partial charge is 0.152 e. The van der Waals surface area contributed by atoms with E-state index in [4.69, 9.17) is 5.73 Å². The van der Waals surface area contributed by atoms with E-state index in [1.54, 1.807) is 0 Å². The van der Waals surface area contributed by atoms with Crippen LogP contribution >= 0.6 is 0 Å². The molecule has 0 spiro atoms. The fourth-order valence-electron chi connectivity index (χ4n) is 2.26. The molecule has 0 aliphatic carbocycles. The summed E-state index contributed by atoms with van der Waals surface area (Å²) < 4.78 is 0. The number of nitrogens with two attached hydrogens (primary N) is 1. The van der Waals surface area contributed by atoms with Crippen LogP contribution < -0.4 is 10.6 Å². The Kier molecular flexibility index (Phi) is 3.03. The van der Waals surface area contributed by atoms with Gasteiger partial charge >= 0.3 is 0 Å². The highest BCUT2D eigenvalue weighted by atomic mass is 15.2. The Labute approximate surface area is 97.7 Å². The van der Waals surface area contributed by atoms with Gasteiger partial charge in [-0.1, -0.05) is 13.8 Å². The van der Waals surface area contributed by atoms with Gasteiger partial charge in [0.2, 0.25) is 0 Å². The Morgan fingerprint density at radius 2 is 2.12 bits per heavy atom. The van der Waals surface area contributed by atoms with Crippen LogP contribution in [0.2, 0.25) is 0 Å². The molecule has 2 N–H and O–H groups in total. The van der Waals surface area contributed by atoms with Crippen LogP contribution in [-0.4, -0.2) is 18.1 Å². The van der Waals surface area contributed by atoms with E-state index in [-0.39, 0.29) is 0 Å². The summed E-state index contributed by atoms with van der Waals surface area (Å²) in [6.07, 6.45) is 3.08. The van der Waals surface area contributed by atoms with Crippen LogP contribution in [0.25, 0.3) is 0 Å². The molecule has 3 heteroatoms. The number of nitrogen functional groups attached to an aromatic ring is 1. The number of aryl methyl sites for hydroxylation is 1. The molecule has 3 nitrogen and oxygen atoms in total. The van der Waals surface area contributed by atoms with Crippen molar-refractivity contribution in [2.45, 2.75) is 27.2 Å². The molecule has 0 aromatic carbocycles. The summed E-state index contributed by atoms with van der Waals surface area (Å²) in [5.41, 5.74) is 8.05. The summed E-state index contributed by atoms with van der Waals surface area (Å²) in [5.74, 6) is 2.50. The molecule has 0 bridgehead atoms. The number of piperidine rings is 1. The van der Waals surface area contributed by atoms with Gasteiger partial charge in [-0.05, 0) is 36.8 Å². The normalized spacial score (nSPS) is 25.8. The molecule has 2 rings (SSSR count). The van der Waals surface area contributed by atoms with Gasteiger partial charge in [0.25, 0.3) is 0 Å². The van der Waals surface area contributed by atoms with Gasteiger partial charge in [0.05, 0.1) is 5.69 Å². The maximum atomic E-state index is 6.09. The van der Waals surface area contributed by atoms with E-state index in [0.29, 0.717) is 0 Å². The zero-order valence-corrected chi connectivity index (χ0v) is 10.4. The Morgan fingerprint density at radius 3 is 2.81 bits per heavy atom. The van der Waals surface area contributed by atoms with Crippen LogP contribution in [0.1, 0.15) is 25.8 Å². The van der Waals surface area contributed by atoms with E-state index in [1.807, 2.05) is 19.2 Å². The van der Waals surface area contributed by atoms with Gasteiger partial charge in [-0.15, -0.1) is 0 Å². The second-order valence-electron chi connectivity index (χ2n) is 5.05. The van der Waals surface area contributed by atoms with Crippen LogP contribution in [0.15, 0.2) is 12.3 Å². The minimum atomic E-state index is 0.718. The SMILES string of the molecule is Cc1ccnc(N2CCC(C)C(C)C2)c1N. The first-order valence-corrected chi connectivity index (χ1v) is 6.05. The minimum absolute atomic E-state index is 0.718. The summed E-state index contributed by atoms with van der Waals surface area (Å²) in [7, 11) is 0. The number of hydrogen-bond acceptors (Lipinski definition) is 3. The molecule has 1 saturated heterocycles. The average molecular weight is 219 g/mol. The van der Waals surface area contributed by atoms with Crippen molar-refractivity contribution in [3.8, 4) is 0 Å². The topological polar surface area (TPSA) is 42.2 Å². The fraction of sp³-hybridized carbons (Fsp3) is 0.615. The van der Waals surface area contributed by atoms with Gasteiger partial charge in [-0.25, -0.2) is 4.98 Å². The summed E-state index contributed by atoms with van der Waals surface area (Å²) in [6, 6.07) is 1.97. The van der Waals surface area contributed by atoms with Gasteiger partial charge in [-0.2, -0.15) is 0 Å². The summed E-state index contributed by atoms with van der Waals surface area (Å²) in [5, 5.41) is 0. The molecular weight excluding hydrogens is 198 g/mol. The molecule has 16 heavy (non-hydrogen) atoms. The number of anilines is 2. The van der Waals surface area contributed by atoms with Gasteiger partial charge in [0, 0.05) is 19.3 Å². The summed E-state index contributed by atoms with van der Waals surface area (Å²) >= 11 is 0. The Bertz CT molecular complexity index is 375. The number of rotatable bonds is 1. The summed E-state index contributed by atoms with van der Waals surface area (Å²) in [4.78, 5) is 6.75. The molecule has 88 valence electrons. The minimum Gasteiger partial charge on any atom is -0.396 e. The zero-order valence-electron chi connectivity index (χ0n) is 10.4. The Hall–Kier alpha value is -1.25. The molecular formula is C13H21N3. The maximum absolute atomic E-state index is 6.09. The standard InChI is InChI=1S/C13H21N3/c1-9-5-7-16(8-11(9)3)13-12(14)10(2)4-6-15-13/h4,6,9,11H,5,7-8,14H2,1-3H3. The molecule has 0 saturated carbocycles. The van der Waals surface area contributed by atoms with E-state index < -0.39 is 0 Å². The molecule has 0 amide bonds. The van der Waals surface area contributed by atoms with Crippen molar-refractivity contribution in [2.75, 3.05) is 23.7 Å². The number of hydrogen-bond donors (Lipinski definition) is 1. The third-order valence-corrected chi connectivity index (χ3v) is 3.82. The fourth-order valence-corrected chi connectivity index (χ4v) is 2.26. The number of aromatic nitrogens is 1. The van der Waals surface area contributed by atoms with Crippen molar-refractivity contribution in [3.63, 3.8) is 0 Å². The largest absolute Gasteiger partial charge is 0.396 e. The van der Waals surface area contributed by atoms with Crippen LogP contribution in [-0.2, 0) is 0 Å². The molecule has 2 heterocycles. The lowest BCUT2D eigenvalue weighted by atomic mass is 9.88. The lowest BCUT2D eigenvalue weighted by Gasteiger charge is -2.36. The zero-order chi connectivity index (χ0) is 11.7. The molecule has 1 aromatic heterocycles. The van der Waals surface area contributed by atoms with Crippen LogP contribution in [0, 0.1) is 18.8 Å². The highest BCUT2D eigenvalue weighted by molar-refractivity contribution is 5.66. The van der Waals surface area contributed by atoms with Crippen LogP contribution in [0.5, 0.6) is 0 Å². The van der Waals surface area contributed by atoms with E-state index >= 15 is 0 Å². The predicted molar refractivity (Wildman–Crippen MR) is 68.5 cm³/mol. The van der Waals surface area contributed by atoms with Gasteiger partial charge in [-0.3, -0.25) is 0 Å². The van der Waals surface area contributed by atoms with Crippen molar-refractivity contribution < 1.29 is 0 Å². The van der Waals surface area contributed by atoms with Crippen LogP contribution in [0.3, 0.4) is 0 Å². The molecule has 2 atom stereocenters. The molecule has 1 aliphatic heterocycles. The Balaban J connectivity index is 2.22. The van der Waals surface area contributed by atoms with Gasteiger partial charge in [0.15, 0.2) is 5.82 Å². The van der Waals surface area contributed by atoms with Gasteiger partial charge < -0.3 is 10.6 Å². The first kappa shape index (κ1) is 11.2. The molecule has 1 fully saturated rings. The van der Waals surface area contributed by atoms with Crippen molar-refractivity contribution in [1.29, 1.82) is 0 Å². The summed E-state index contributed by atoms with van der Waals surface area (Å²) in [6.45, 7) is 8.82. The Morgan fingerprint density at radius 1 is 1.38 bits per heavy atom. The highest BCUT2D eigenvalue weighted by Gasteiger charge is 2.24. The quantitative estimate of drug-likeness (QED) is 0.789. The van der Waals surface area contributed by atoms with E-state index in [2.05, 4.69) is 23.7 Å². The van der Waals surface area contributed by atoms with Crippen molar-refractivity contribution in [1.82, 2.24) is 4.98 Å². The molecule has 2 unspecified atom stereocenters. The molecule has 1 aliphatic rings. The second-order valence-corrected chi connectivity index (χ2v) is 5.05. The average Bonchev–Trinajstić information content (AvgIpc) is 2.26. The van der Waals surface area contributed by atoms with Crippen LogP contribution in [0.4, 0.5) is 11.5 Å². The number of nitrogens with zero attached hydrogens (tertiary/aromatic N) is 2. The predicted octanol–water partition coefficient (Wildman–Crippen LogP) is 2.45. The first-order valence-electron chi connectivity index (χ1n) is 6.05. The maximum Gasteiger partial charge on any atom is 0.152 e. The molecule has 1 aromatic rings. The van der Waals surface area contributed by atoms with E-state index in [9.17, 15) is 0 Å². The van der Waals surface area contributed by atoms with E-state index in [1.165, 1.54) is 6.42 Å². The van der Waals surface area contributed by atoms with Crippen molar-refractivity contribution >= 4 is 11.5 Å². The third kappa shape index (κ3) is 1.99. The highest BCUT2D eigenvalue weighted by Crippen LogP contribution is 2.30. The third-order valence-electron chi connectivity index (χ3n) is 3.82. The monoisotopic (exact) mass is 219 g/mol. The lowest BCUT2D eigenvalue weighted by molar-refractivity contribution is 0.323. The van der Waals surface area contributed by atoms with Crippen molar-refractivity contribution in [3.05, 3.63) is 17.8 Å². The second kappa shape index (κ2) is 4.32. The lowest BCUT2D eigenvalue weighted by Crippen LogP contribution is -2.39.